The second-order valence-electron chi connectivity index (χ2n) is 7.39. The second-order valence-corrected chi connectivity index (χ2v) is 8.90. The first-order valence-corrected chi connectivity index (χ1v) is 11.5. The fourth-order valence-electron chi connectivity index (χ4n) is 3.78. The van der Waals surface area contributed by atoms with Gasteiger partial charge in [0.25, 0.3) is 0 Å². The summed E-state index contributed by atoms with van der Waals surface area (Å²) < 4.78 is 1.89. The van der Waals surface area contributed by atoms with Crippen LogP contribution in [0.4, 0.5) is 0 Å². The molecule has 1 fully saturated rings. The van der Waals surface area contributed by atoms with E-state index in [2.05, 4.69) is 12.1 Å². The molecule has 0 aliphatic carbocycles. The minimum Gasteiger partial charge on any atom is -0.321 e. The molecule has 1 aliphatic heterocycles. The van der Waals surface area contributed by atoms with E-state index < -0.39 is 0 Å². The smallest absolute Gasteiger partial charge is 0.234 e. The third kappa shape index (κ3) is 4.11. The van der Waals surface area contributed by atoms with Crippen LogP contribution < -0.4 is 0 Å². The van der Waals surface area contributed by atoms with E-state index in [9.17, 15) is 4.79 Å². The summed E-state index contributed by atoms with van der Waals surface area (Å²) >= 11 is 7.77. The zero-order chi connectivity index (χ0) is 21.2. The molecule has 0 radical (unpaired) electrons. The van der Waals surface area contributed by atoms with Crippen molar-refractivity contribution >= 4 is 29.3 Å². The molecule has 2 heterocycles. The van der Waals surface area contributed by atoms with Crippen molar-refractivity contribution in [2.45, 2.75) is 11.9 Å². The van der Waals surface area contributed by atoms with E-state index in [1.165, 1.54) is 0 Å². The number of carbonyl (C=O) groups is 1. The number of hydrogen-bond acceptors (Lipinski definition) is 3. The minimum absolute atomic E-state index is 0.101. The van der Waals surface area contributed by atoms with Gasteiger partial charge in [0, 0.05) is 28.9 Å². The van der Waals surface area contributed by atoms with Crippen molar-refractivity contribution in [3.05, 3.63) is 107 Å². The summed E-state index contributed by atoms with van der Waals surface area (Å²) in [6.45, 7) is 0.577. The lowest BCUT2D eigenvalue weighted by Crippen LogP contribution is -2.27. The Hall–Kier alpha value is -3.02. The molecule has 3 aromatic carbocycles. The van der Waals surface area contributed by atoms with Crippen LogP contribution in [0, 0.1) is 0 Å². The Morgan fingerprint density at radius 2 is 1.61 bits per heavy atom. The SMILES string of the molecule is O=C1CS[C@@H](c2cn(-c3ccccc3)nc2-c2ccc(Cl)cc2)N1Cc1ccccc1. The second kappa shape index (κ2) is 8.61. The van der Waals surface area contributed by atoms with Gasteiger partial charge in [-0.1, -0.05) is 72.3 Å². The molecule has 1 atom stereocenters. The van der Waals surface area contributed by atoms with Crippen molar-refractivity contribution in [2.24, 2.45) is 0 Å². The lowest BCUT2D eigenvalue weighted by Gasteiger charge is -2.24. The highest BCUT2D eigenvalue weighted by Gasteiger charge is 2.35. The van der Waals surface area contributed by atoms with Crippen LogP contribution >= 0.6 is 23.4 Å². The number of halogens is 1. The van der Waals surface area contributed by atoms with Crippen LogP contribution in [0.5, 0.6) is 0 Å². The summed E-state index contributed by atoms with van der Waals surface area (Å²) in [6.07, 6.45) is 2.05. The highest BCUT2D eigenvalue weighted by molar-refractivity contribution is 8.00. The fourth-order valence-corrected chi connectivity index (χ4v) is 5.09. The van der Waals surface area contributed by atoms with Gasteiger partial charge in [0.05, 0.1) is 17.1 Å². The van der Waals surface area contributed by atoms with Crippen LogP contribution in [0.1, 0.15) is 16.5 Å². The van der Waals surface area contributed by atoms with Crippen LogP contribution in [0.15, 0.2) is 91.1 Å². The molecule has 6 heteroatoms. The van der Waals surface area contributed by atoms with Crippen LogP contribution in [0.3, 0.4) is 0 Å². The van der Waals surface area contributed by atoms with Crippen LogP contribution in [0.25, 0.3) is 16.9 Å². The molecule has 154 valence electrons. The maximum atomic E-state index is 12.8. The molecule has 4 nitrogen and oxygen atoms in total. The van der Waals surface area contributed by atoms with Crippen LogP contribution in [-0.2, 0) is 11.3 Å². The summed E-state index contributed by atoms with van der Waals surface area (Å²) in [5.41, 5.74) is 4.97. The van der Waals surface area contributed by atoms with E-state index in [1.807, 2.05) is 88.6 Å². The van der Waals surface area contributed by atoms with E-state index in [4.69, 9.17) is 16.7 Å². The predicted octanol–water partition coefficient (Wildman–Crippen LogP) is 5.97. The summed E-state index contributed by atoms with van der Waals surface area (Å²) in [6, 6.07) is 27.8. The Bertz CT molecular complexity index is 1190. The highest BCUT2D eigenvalue weighted by Crippen LogP contribution is 2.43. The van der Waals surface area contributed by atoms with Crippen molar-refractivity contribution in [1.29, 1.82) is 0 Å². The fraction of sp³-hybridized carbons (Fsp3) is 0.120. The molecule has 1 aromatic heterocycles. The highest BCUT2D eigenvalue weighted by atomic mass is 35.5. The molecule has 0 bridgehead atoms. The van der Waals surface area contributed by atoms with Crippen molar-refractivity contribution < 1.29 is 4.79 Å². The van der Waals surface area contributed by atoms with Crippen LogP contribution in [0.2, 0.25) is 5.02 Å². The molecule has 0 unspecified atom stereocenters. The Balaban J connectivity index is 1.58. The van der Waals surface area contributed by atoms with Gasteiger partial charge in [0.2, 0.25) is 5.91 Å². The maximum absolute atomic E-state index is 12.8. The first kappa shape index (κ1) is 19.9. The van der Waals surface area contributed by atoms with E-state index in [0.717, 1.165) is 28.1 Å². The van der Waals surface area contributed by atoms with E-state index in [1.54, 1.807) is 11.8 Å². The molecule has 0 saturated carbocycles. The Kier molecular flexibility index (Phi) is 5.53. The molecule has 5 rings (SSSR count). The summed E-state index contributed by atoms with van der Waals surface area (Å²) in [4.78, 5) is 14.7. The Morgan fingerprint density at radius 1 is 0.935 bits per heavy atom. The van der Waals surface area contributed by atoms with Gasteiger partial charge in [-0.3, -0.25) is 4.79 Å². The average Bonchev–Trinajstić information content (AvgIpc) is 3.40. The third-order valence-electron chi connectivity index (χ3n) is 5.31. The lowest BCUT2D eigenvalue weighted by molar-refractivity contribution is -0.128. The molecule has 4 aromatic rings. The topological polar surface area (TPSA) is 38.1 Å². The number of thioether (sulfide) groups is 1. The van der Waals surface area contributed by atoms with Gasteiger partial charge >= 0.3 is 0 Å². The van der Waals surface area contributed by atoms with Crippen molar-refractivity contribution in [3.8, 4) is 16.9 Å². The minimum atomic E-state index is -0.101. The molecule has 1 aliphatic rings. The van der Waals surface area contributed by atoms with Gasteiger partial charge in [0.1, 0.15) is 5.37 Å². The van der Waals surface area contributed by atoms with E-state index in [-0.39, 0.29) is 11.3 Å². The number of amides is 1. The molecule has 0 spiro atoms. The van der Waals surface area contributed by atoms with E-state index >= 15 is 0 Å². The van der Waals surface area contributed by atoms with Crippen molar-refractivity contribution in [1.82, 2.24) is 14.7 Å². The predicted molar refractivity (Wildman–Crippen MR) is 126 cm³/mol. The normalized spacial score (nSPS) is 16.1. The number of para-hydroxylation sites is 1. The summed E-state index contributed by atoms with van der Waals surface area (Å²) in [5, 5.41) is 5.50. The maximum Gasteiger partial charge on any atom is 0.234 e. The first-order valence-electron chi connectivity index (χ1n) is 10.0. The van der Waals surface area contributed by atoms with Gasteiger partial charge in [-0.2, -0.15) is 5.10 Å². The molecule has 31 heavy (non-hydrogen) atoms. The Morgan fingerprint density at radius 3 is 2.32 bits per heavy atom. The molecular formula is C25H20ClN3OS. The van der Waals surface area contributed by atoms with E-state index in [0.29, 0.717) is 17.3 Å². The Labute approximate surface area is 190 Å². The van der Waals surface area contributed by atoms with Gasteiger partial charge in [-0.05, 0) is 29.8 Å². The number of benzene rings is 3. The molecular weight excluding hydrogens is 426 g/mol. The van der Waals surface area contributed by atoms with Gasteiger partial charge in [-0.15, -0.1) is 11.8 Å². The van der Waals surface area contributed by atoms with Gasteiger partial charge in [0.15, 0.2) is 0 Å². The number of hydrogen-bond donors (Lipinski definition) is 0. The van der Waals surface area contributed by atoms with Gasteiger partial charge in [-0.25, -0.2) is 4.68 Å². The zero-order valence-electron chi connectivity index (χ0n) is 16.7. The first-order chi connectivity index (χ1) is 15.2. The quantitative estimate of drug-likeness (QED) is 0.380. The molecule has 0 N–H and O–H groups in total. The summed E-state index contributed by atoms with van der Waals surface area (Å²) in [5.74, 6) is 0.613. The molecule has 1 amide bonds. The standard InChI is InChI=1S/C25H20ClN3OS/c26-20-13-11-19(12-14-20)24-22(16-29(27-24)21-9-5-2-6-10-21)25-28(23(30)17-31-25)15-18-7-3-1-4-8-18/h1-14,16,25H,15,17H2/t25-/m0/s1. The van der Waals surface area contributed by atoms with Gasteiger partial charge < -0.3 is 4.90 Å². The number of carbonyl (C=O) groups excluding carboxylic acids is 1. The number of aromatic nitrogens is 2. The van der Waals surface area contributed by atoms with Crippen LogP contribution in [-0.4, -0.2) is 26.3 Å². The lowest BCUT2D eigenvalue weighted by atomic mass is 10.1. The average molecular weight is 446 g/mol. The summed E-state index contributed by atoms with van der Waals surface area (Å²) in [7, 11) is 0. The van der Waals surface area contributed by atoms with Crippen molar-refractivity contribution in [2.75, 3.05) is 5.75 Å². The largest absolute Gasteiger partial charge is 0.321 e. The molecule has 1 saturated heterocycles. The zero-order valence-corrected chi connectivity index (χ0v) is 18.3. The van der Waals surface area contributed by atoms with Crippen molar-refractivity contribution in [3.63, 3.8) is 0 Å². The monoisotopic (exact) mass is 445 g/mol. The number of nitrogens with zero attached hydrogens (tertiary/aromatic N) is 3. The number of rotatable bonds is 5. The third-order valence-corrected chi connectivity index (χ3v) is 6.80.